The average Bonchev–Trinajstić information content (AvgIpc) is 2.58. The summed E-state index contributed by atoms with van der Waals surface area (Å²) in [4.78, 5) is 3.93. The molecule has 3 rings (SSSR count). The molecule has 1 heterocycles. The molecule has 0 atom stereocenters. The molecule has 130 valence electrons. The van der Waals surface area contributed by atoms with Crippen LogP contribution >= 0.6 is 0 Å². The van der Waals surface area contributed by atoms with E-state index in [9.17, 15) is 0 Å². The van der Waals surface area contributed by atoms with Gasteiger partial charge in [0.25, 0.3) is 0 Å². The van der Waals surface area contributed by atoms with Gasteiger partial charge in [-0.15, -0.1) is 0 Å². The van der Waals surface area contributed by atoms with Crippen molar-refractivity contribution in [3.05, 3.63) is 90.8 Å². The van der Waals surface area contributed by atoms with E-state index >= 15 is 0 Å². The second kappa shape index (κ2) is 15.1. The summed E-state index contributed by atoms with van der Waals surface area (Å²) in [6, 6.07) is 24.9. The van der Waals surface area contributed by atoms with Crippen molar-refractivity contribution >= 4 is 8.41 Å². The largest absolute Gasteiger partial charge is 3.00 e. The smallest absolute Gasteiger partial charge is 0.870 e. The Morgan fingerprint density at radius 2 is 0.960 bits per heavy atom. The number of rotatable bonds is 2. The minimum absolute atomic E-state index is 0. The predicted molar refractivity (Wildman–Crippen MR) is 102 cm³/mol. The Morgan fingerprint density at radius 3 is 1.24 bits per heavy atom. The van der Waals surface area contributed by atoms with E-state index in [0.717, 1.165) is 0 Å². The Labute approximate surface area is 152 Å². The summed E-state index contributed by atoms with van der Waals surface area (Å²) in [7, 11) is 0. The van der Waals surface area contributed by atoms with Crippen LogP contribution in [-0.2, 0) is 0 Å². The number of pyridine rings is 1. The second-order valence-electron chi connectivity index (χ2n) is 5.17. The summed E-state index contributed by atoms with van der Waals surface area (Å²) in [6.07, 6.45) is 3.66. The molecular weight excluding hydrogens is 313 g/mol. The van der Waals surface area contributed by atoms with Gasteiger partial charge in [0.1, 0.15) is 0 Å². The maximum Gasteiger partial charge on any atom is 3.00 e. The Balaban J connectivity index is -0.000000344. The van der Waals surface area contributed by atoms with Gasteiger partial charge in [-0.25, -0.2) is 0 Å². The number of benzene rings is 2. The minimum atomic E-state index is 0. The predicted octanol–water partition coefficient (Wildman–Crippen LogP) is 4.65. The van der Waals surface area contributed by atoms with E-state index < -0.39 is 0 Å². The first-order valence-electron chi connectivity index (χ1n) is 7.28. The van der Waals surface area contributed by atoms with Crippen molar-refractivity contribution in [3.8, 4) is 11.1 Å². The summed E-state index contributed by atoms with van der Waals surface area (Å²) in [5.41, 5.74) is 3.90. The van der Waals surface area contributed by atoms with E-state index in [1.165, 1.54) is 16.7 Å². The van der Waals surface area contributed by atoms with Crippen LogP contribution in [0.1, 0.15) is 25.3 Å². The zero-order valence-corrected chi connectivity index (χ0v) is 14.5. The van der Waals surface area contributed by atoms with E-state index in [4.69, 9.17) is 0 Å². The van der Waals surface area contributed by atoms with Crippen LogP contribution < -0.4 is 0 Å². The first kappa shape index (κ1) is 27.4. The van der Waals surface area contributed by atoms with E-state index in [0.29, 0.717) is 5.92 Å². The van der Waals surface area contributed by atoms with Crippen molar-refractivity contribution in [1.29, 1.82) is 0 Å². The molecule has 0 saturated heterocycles. The molecule has 2 aromatic carbocycles. The maximum absolute atomic E-state index is 3.93. The molecule has 5 heteroatoms. The molecule has 0 aliphatic carbocycles. The number of nitrogens with zero attached hydrogens (tertiary/aromatic N) is 1. The van der Waals surface area contributed by atoms with Gasteiger partial charge in [0.2, 0.25) is 0 Å². The van der Waals surface area contributed by atoms with Gasteiger partial charge in [0, 0.05) is 12.4 Å². The monoisotopic (exact) mass is 337 g/mol. The van der Waals surface area contributed by atoms with Crippen molar-refractivity contribution in [2.24, 2.45) is 0 Å². The van der Waals surface area contributed by atoms with Crippen LogP contribution in [0.25, 0.3) is 11.1 Å². The Morgan fingerprint density at radius 1 is 0.600 bits per heavy atom. The first-order chi connectivity index (χ1) is 10.3. The van der Waals surface area contributed by atoms with E-state index in [1.807, 2.05) is 36.7 Å². The average molecular weight is 337 g/mol. The van der Waals surface area contributed by atoms with Crippen LogP contribution in [-0.4, -0.2) is 29.8 Å². The number of hydrogen-bond acceptors (Lipinski definition) is 4. The topological polar surface area (TPSA) is 103 Å². The molecule has 0 unspecified atom stereocenters. The van der Waals surface area contributed by atoms with Crippen LogP contribution in [0.5, 0.6) is 0 Å². The molecule has 4 nitrogen and oxygen atoms in total. The van der Waals surface area contributed by atoms with Crippen molar-refractivity contribution in [2.75, 3.05) is 0 Å². The van der Waals surface area contributed by atoms with Gasteiger partial charge in [-0.05, 0) is 34.7 Å². The Hall–Kier alpha value is -2.47. The summed E-state index contributed by atoms with van der Waals surface area (Å²) < 4.78 is 0. The van der Waals surface area contributed by atoms with E-state index in [1.54, 1.807) is 0 Å². The summed E-state index contributed by atoms with van der Waals surface area (Å²) in [5, 5.41) is 0. The minimum Gasteiger partial charge on any atom is -0.870 e. The normalized spacial score (nSPS) is 8.28. The second-order valence-corrected chi connectivity index (χ2v) is 5.17. The molecule has 0 radical (unpaired) electrons. The molecule has 25 heavy (non-hydrogen) atoms. The molecule has 3 aromatic rings. The Bertz CT molecular complexity index is 597. The molecule has 1 aromatic heterocycles. The van der Waals surface area contributed by atoms with Crippen LogP contribution in [0.4, 0.5) is 0 Å². The van der Waals surface area contributed by atoms with Crippen LogP contribution in [0.2, 0.25) is 0 Å². The van der Waals surface area contributed by atoms with E-state index in [-0.39, 0.29) is 24.8 Å². The third kappa shape index (κ3) is 9.42. The fourth-order valence-corrected chi connectivity index (χ4v) is 2.01. The third-order valence-electron chi connectivity index (χ3n) is 3.25. The van der Waals surface area contributed by atoms with Gasteiger partial charge in [0.05, 0.1) is 0 Å². The molecule has 0 bridgehead atoms. The Kier molecular flexibility index (Phi) is 16.5. The molecular formula is C20H24BNO3. The third-order valence-corrected chi connectivity index (χ3v) is 3.25. The first-order valence-corrected chi connectivity index (χ1v) is 7.28. The number of hydrogen-bond donors (Lipinski definition) is 0. The van der Waals surface area contributed by atoms with Crippen LogP contribution in [0, 0.1) is 0 Å². The zero-order chi connectivity index (χ0) is 14.9. The van der Waals surface area contributed by atoms with Gasteiger partial charge in [-0.3, -0.25) is 4.98 Å². The van der Waals surface area contributed by atoms with Crippen molar-refractivity contribution in [1.82, 2.24) is 4.98 Å². The molecule has 3 N–H and O–H groups in total. The van der Waals surface area contributed by atoms with Crippen LogP contribution in [0.15, 0.2) is 85.2 Å². The fraction of sp³-hybridized carbons (Fsp3) is 0.150. The fourth-order valence-electron chi connectivity index (χ4n) is 2.01. The number of aromatic nitrogens is 1. The zero-order valence-electron chi connectivity index (χ0n) is 14.5. The van der Waals surface area contributed by atoms with Gasteiger partial charge >= 0.3 is 8.41 Å². The van der Waals surface area contributed by atoms with Gasteiger partial charge < -0.3 is 16.4 Å². The molecule has 0 aliphatic heterocycles. The summed E-state index contributed by atoms with van der Waals surface area (Å²) >= 11 is 0. The molecule has 0 fully saturated rings. The van der Waals surface area contributed by atoms with Crippen LogP contribution in [0.3, 0.4) is 0 Å². The quantitative estimate of drug-likeness (QED) is 0.635. The van der Waals surface area contributed by atoms with Crippen molar-refractivity contribution in [3.63, 3.8) is 0 Å². The molecule has 0 spiro atoms. The standard InChI is InChI=1S/C12H10.C8H11N.B.3H2O/c1-3-7-11(8-4-1)12-9-5-2-6-10-12;1-7(2)8-3-5-9-6-4-8;;;;/h1-10H;3-7H,1-2H3;;3*1H2/q;;+3;;;/p-3. The van der Waals surface area contributed by atoms with Gasteiger partial charge in [0.15, 0.2) is 0 Å². The van der Waals surface area contributed by atoms with E-state index in [2.05, 4.69) is 67.4 Å². The van der Waals surface area contributed by atoms with Gasteiger partial charge in [-0.1, -0.05) is 74.5 Å². The summed E-state index contributed by atoms with van der Waals surface area (Å²) in [6.45, 7) is 4.35. The molecule has 0 saturated carbocycles. The van der Waals surface area contributed by atoms with Crippen molar-refractivity contribution < 1.29 is 16.4 Å². The summed E-state index contributed by atoms with van der Waals surface area (Å²) in [5.74, 6) is 0.619. The SMILES string of the molecule is CC(C)c1ccncc1.[B+3].[OH-].[OH-].[OH-].c1ccc(-c2ccccc2)cc1. The van der Waals surface area contributed by atoms with Crippen molar-refractivity contribution in [2.45, 2.75) is 19.8 Å². The van der Waals surface area contributed by atoms with Gasteiger partial charge in [-0.2, -0.15) is 0 Å². The maximum atomic E-state index is 3.93. The molecule has 0 amide bonds. The molecule has 0 aliphatic rings.